The minimum absolute atomic E-state index is 0.0704. The van der Waals surface area contributed by atoms with Gasteiger partial charge in [0.1, 0.15) is 17.3 Å². The molecular formula is C20H19N3O. The molecule has 0 saturated carbocycles. The van der Waals surface area contributed by atoms with Gasteiger partial charge in [0, 0.05) is 17.8 Å². The van der Waals surface area contributed by atoms with Gasteiger partial charge in [0.05, 0.1) is 0 Å². The summed E-state index contributed by atoms with van der Waals surface area (Å²) in [4.78, 5) is 0. The van der Waals surface area contributed by atoms with Crippen LogP contribution in [0.2, 0.25) is 0 Å². The third-order valence-electron chi connectivity index (χ3n) is 3.57. The van der Waals surface area contributed by atoms with Crippen LogP contribution in [0.3, 0.4) is 0 Å². The molecule has 0 aliphatic rings. The second-order valence-electron chi connectivity index (χ2n) is 5.41. The standard InChI is InChI=1S/C20H19N3O/c21-20(22)16-5-4-6-17(13-16)23-14-15-9-11-19(12-10-15)24-18-7-2-1-3-8-18/h1-13,23H,14H2,(H3,21,22). The Hall–Kier alpha value is -3.27. The van der Waals surface area contributed by atoms with Crippen molar-refractivity contribution in [1.29, 1.82) is 5.41 Å². The van der Waals surface area contributed by atoms with Crippen LogP contribution in [0.4, 0.5) is 5.69 Å². The Morgan fingerprint density at radius 2 is 1.58 bits per heavy atom. The van der Waals surface area contributed by atoms with Crippen LogP contribution in [0.15, 0.2) is 78.9 Å². The lowest BCUT2D eigenvalue weighted by Gasteiger charge is -2.09. The number of nitrogens with one attached hydrogen (secondary N) is 2. The normalized spacial score (nSPS) is 10.2. The summed E-state index contributed by atoms with van der Waals surface area (Å²) in [7, 11) is 0. The summed E-state index contributed by atoms with van der Waals surface area (Å²) >= 11 is 0. The summed E-state index contributed by atoms with van der Waals surface area (Å²) in [5.41, 5.74) is 8.31. The largest absolute Gasteiger partial charge is 0.457 e. The molecule has 0 aliphatic carbocycles. The lowest BCUT2D eigenvalue weighted by Crippen LogP contribution is -2.11. The molecule has 3 rings (SSSR count). The van der Waals surface area contributed by atoms with Crippen LogP contribution in [-0.2, 0) is 6.54 Å². The summed E-state index contributed by atoms with van der Waals surface area (Å²) in [5, 5.41) is 10.8. The molecule has 0 fully saturated rings. The molecular weight excluding hydrogens is 298 g/mol. The van der Waals surface area contributed by atoms with Crippen LogP contribution in [-0.4, -0.2) is 5.84 Å². The molecule has 4 nitrogen and oxygen atoms in total. The Morgan fingerprint density at radius 3 is 2.29 bits per heavy atom. The van der Waals surface area contributed by atoms with Gasteiger partial charge in [-0.1, -0.05) is 42.5 Å². The zero-order valence-corrected chi connectivity index (χ0v) is 13.2. The second kappa shape index (κ2) is 7.33. The third kappa shape index (κ3) is 4.14. The van der Waals surface area contributed by atoms with Crippen molar-refractivity contribution in [3.05, 3.63) is 90.0 Å². The molecule has 0 saturated heterocycles. The smallest absolute Gasteiger partial charge is 0.127 e. The SMILES string of the molecule is N=C(N)c1cccc(NCc2ccc(Oc3ccccc3)cc2)c1. The third-order valence-corrected chi connectivity index (χ3v) is 3.57. The quantitative estimate of drug-likeness (QED) is 0.467. The Labute approximate surface area is 141 Å². The first-order valence-corrected chi connectivity index (χ1v) is 7.71. The van der Waals surface area contributed by atoms with Gasteiger partial charge in [-0.2, -0.15) is 0 Å². The number of nitrogen functional groups attached to an aromatic ring is 1. The molecule has 4 heteroatoms. The average Bonchev–Trinajstić information content (AvgIpc) is 2.62. The monoisotopic (exact) mass is 317 g/mol. The minimum Gasteiger partial charge on any atom is -0.457 e. The number of hydrogen-bond donors (Lipinski definition) is 3. The molecule has 0 amide bonds. The van der Waals surface area contributed by atoms with E-state index in [2.05, 4.69) is 5.32 Å². The molecule has 0 unspecified atom stereocenters. The van der Waals surface area contributed by atoms with Crippen LogP contribution < -0.4 is 15.8 Å². The van der Waals surface area contributed by atoms with E-state index < -0.39 is 0 Å². The van der Waals surface area contributed by atoms with Crippen molar-refractivity contribution in [2.45, 2.75) is 6.54 Å². The molecule has 3 aromatic carbocycles. The number of para-hydroxylation sites is 1. The van der Waals surface area contributed by atoms with Crippen LogP contribution in [0.1, 0.15) is 11.1 Å². The van der Waals surface area contributed by atoms with Gasteiger partial charge in [0.25, 0.3) is 0 Å². The lowest BCUT2D eigenvalue weighted by atomic mass is 10.1. The number of amidine groups is 1. The molecule has 4 N–H and O–H groups in total. The Kier molecular flexibility index (Phi) is 4.77. The molecule has 0 spiro atoms. The number of anilines is 1. The molecule has 3 aromatic rings. The van der Waals surface area contributed by atoms with Gasteiger partial charge in [-0.05, 0) is 42.0 Å². The van der Waals surface area contributed by atoms with Crippen molar-refractivity contribution in [2.24, 2.45) is 5.73 Å². The number of nitrogens with two attached hydrogens (primary N) is 1. The summed E-state index contributed by atoms with van der Waals surface area (Å²) in [6, 6.07) is 25.2. The van der Waals surface area contributed by atoms with Gasteiger partial charge in [-0.3, -0.25) is 5.41 Å². The first-order chi connectivity index (χ1) is 11.7. The van der Waals surface area contributed by atoms with E-state index in [-0.39, 0.29) is 5.84 Å². The zero-order valence-electron chi connectivity index (χ0n) is 13.2. The van der Waals surface area contributed by atoms with Crippen LogP contribution in [0.5, 0.6) is 11.5 Å². The predicted molar refractivity (Wildman–Crippen MR) is 97.7 cm³/mol. The van der Waals surface area contributed by atoms with Crippen molar-refractivity contribution in [3.63, 3.8) is 0 Å². The minimum atomic E-state index is 0.0704. The van der Waals surface area contributed by atoms with Gasteiger partial charge in [0.2, 0.25) is 0 Å². The average molecular weight is 317 g/mol. The van der Waals surface area contributed by atoms with Gasteiger partial charge >= 0.3 is 0 Å². The highest BCUT2D eigenvalue weighted by Crippen LogP contribution is 2.21. The van der Waals surface area contributed by atoms with Gasteiger partial charge in [-0.15, -0.1) is 0 Å². The molecule has 120 valence electrons. The fraction of sp³-hybridized carbons (Fsp3) is 0.0500. The van der Waals surface area contributed by atoms with Crippen LogP contribution in [0.25, 0.3) is 0 Å². The molecule has 24 heavy (non-hydrogen) atoms. The fourth-order valence-corrected chi connectivity index (χ4v) is 2.30. The van der Waals surface area contributed by atoms with E-state index in [4.69, 9.17) is 15.9 Å². The van der Waals surface area contributed by atoms with Gasteiger partial charge in [0.15, 0.2) is 0 Å². The van der Waals surface area contributed by atoms with E-state index in [1.165, 1.54) is 0 Å². The molecule has 0 aliphatic heterocycles. The van der Waals surface area contributed by atoms with E-state index in [1.807, 2.05) is 78.9 Å². The molecule has 0 aromatic heterocycles. The zero-order chi connectivity index (χ0) is 16.8. The van der Waals surface area contributed by atoms with E-state index in [0.29, 0.717) is 12.1 Å². The Balaban J connectivity index is 1.60. The summed E-state index contributed by atoms with van der Waals surface area (Å²) in [6.07, 6.45) is 0. The first kappa shape index (κ1) is 15.6. The maximum atomic E-state index is 7.48. The topological polar surface area (TPSA) is 71.1 Å². The van der Waals surface area contributed by atoms with Gasteiger partial charge in [-0.25, -0.2) is 0 Å². The van der Waals surface area contributed by atoms with Crippen LogP contribution in [0, 0.1) is 5.41 Å². The fourth-order valence-electron chi connectivity index (χ4n) is 2.30. The van der Waals surface area contributed by atoms with Crippen molar-refractivity contribution in [3.8, 4) is 11.5 Å². The van der Waals surface area contributed by atoms with Crippen LogP contribution >= 0.6 is 0 Å². The molecule has 0 heterocycles. The number of benzene rings is 3. The van der Waals surface area contributed by atoms with E-state index >= 15 is 0 Å². The van der Waals surface area contributed by atoms with Gasteiger partial charge < -0.3 is 15.8 Å². The molecule has 0 atom stereocenters. The molecule has 0 bridgehead atoms. The Bertz CT molecular complexity index is 814. The number of ether oxygens (including phenoxy) is 1. The van der Waals surface area contributed by atoms with Crippen molar-refractivity contribution in [1.82, 2.24) is 0 Å². The summed E-state index contributed by atoms with van der Waals surface area (Å²) in [6.45, 7) is 0.687. The van der Waals surface area contributed by atoms with E-state index in [1.54, 1.807) is 0 Å². The highest BCUT2D eigenvalue weighted by Gasteiger charge is 2.00. The highest BCUT2D eigenvalue weighted by molar-refractivity contribution is 5.95. The van der Waals surface area contributed by atoms with Crippen molar-refractivity contribution < 1.29 is 4.74 Å². The predicted octanol–water partition coefficient (Wildman–Crippen LogP) is 4.38. The van der Waals surface area contributed by atoms with Crippen molar-refractivity contribution >= 4 is 11.5 Å². The van der Waals surface area contributed by atoms with Crippen molar-refractivity contribution in [2.75, 3.05) is 5.32 Å². The maximum absolute atomic E-state index is 7.48. The summed E-state index contributed by atoms with van der Waals surface area (Å²) < 4.78 is 5.78. The second-order valence-corrected chi connectivity index (χ2v) is 5.41. The molecule has 0 radical (unpaired) electrons. The number of hydrogen-bond acceptors (Lipinski definition) is 3. The van der Waals surface area contributed by atoms with E-state index in [0.717, 1.165) is 22.7 Å². The summed E-state index contributed by atoms with van der Waals surface area (Å²) in [5.74, 6) is 1.70. The number of rotatable bonds is 6. The maximum Gasteiger partial charge on any atom is 0.127 e. The highest BCUT2D eigenvalue weighted by atomic mass is 16.5. The first-order valence-electron chi connectivity index (χ1n) is 7.71. The Morgan fingerprint density at radius 1 is 0.875 bits per heavy atom. The van der Waals surface area contributed by atoms with E-state index in [9.17, 15) is 0 Å². The lowest BCUT2D eigenvalue weighted by molar-refractivity contribution is 0.482.